The minimum Gasteiger partial charge on any atom is -0.329 e. The Balaban J connectivity index is 2.20. The van der Waals surface area contributed by atoms with Crippen molar-refractivity contribution in [3.63, 3.8) is 0 Å². The molecule has 0 heterocycles. The molecule has 1 fully saturated rings. The topological polar surface area (TPSA) is 29.3 Å². The van der Waals surface area contributed by atoms with Gasteiger partial charge in [-0.15, -0.1) is 0 Å². The van der Waals surface area contributed by atoms with Crippen LogP contribution in [0.3, 0.4) is 0 Å². The largest absolute Gasteiger partial charge is 0.329 e. The molecule has 0 saturated heterocycles. The van der Waals surface area contributed by atoms with Crippen molar-refractivity contribution in [1.29, 1.82) is 0 Å². The first-order valence-electron chi connectivity index (χ1n) is 7.15. The molecule has 1 aromatic rings. The molecule has 112 valence electrons. The van der Waals surface area contributed by atoms with E-state index < -0.39 is 17.5 Å². The highest BCUT2D eigenvalue weighted by molar-refractivity contribution is 5.23. The first-order valence-corrected chi connectivity index (χ1v) is 7.15. The second-order valence-electron chi connectivity index (χ2n) is 5.43. The third-order valence-electron chi connectivity index (χ3n) is 4.18. The van der Waals surface area contributed by atoms with Crippen molar-refractivity contribution in [2.75, 3.05) is 19.6 Å². The Bertz CT molecular complexity index is 437. The van der Waals surface area contributed by atoms with Crippen molar-refractivity contribution >= 4 is 0 Å². The van der Waals surface area contributed by atoms with Crippen LogP contribution in [-0.2, 0) is 0 Å². The lowest BCUT2D eigenvalue weighted by molar-refractivity contribution is 0.141. The van der Waals surface area contributed by atoms with E-state index in [2.05, 4.69) is 4.90 Å². The predicted molar refractivity (Wildman–Crippen MR) is 72.7 cm³/mol. The van der Waals surface area contributed by atoms with Crippen LogP contribution >= 0.6 is 0 Å². The van der Waals surface area contributed by atoms with Gasteiger partial charge in [0, 0.05) is 19.1 Å². The second kappa shape index (κ2) is 6.59. The van der Waals surface area contributed by atoms with Crippen LogP contribution in [0.2, 0.25) is 0 Å². The van der Waals surface area contributed by atoms with Gasteiger partial charge in [0.25, 0.3) is 0 Å². The standard InChI is InChI=1S/C15H21F3N2/c1-2-20(9-10-4-3-5-10)14(8-19)11-6-12(16)15(18)13(17)7-11/h6-7,10,14H,2-5,8-9,19H2,1H3. The summed E-state index contributed by atoms with van der Waals surface area (Å²) >= 11 is 0. The van der Waals surface area contributed by atoms with Gasteiger partial charge in [-0.1, -0.05) is 13.3 Å². The van der Waals surface area contributed by atoms with E-state index in [1.54, 1.807) is 0 Å². The average Bonchev–Trinajstić information content (AvgIpc) is 2.38. The first kappa shape index (κ1) is 15.3. The fraction of sp³-hybridized carbons (Fsp3) is 0.600. The van der Waals surface area contributed by atoms with Crippen molar-refractivity contribution in [3.8, 4) is 0 Å². The lowest BCUT2D eigenvalue weighted by Gasteiger charge is -2.36. The minimum absolute atomic E-state index is 0.255. The maximum absolute atomic E-state index is 13.4. The molecule has 1 aromatic carbocycles. The Hall–Kier alpha value is -1.07. The minimum atomic E-state index is -1.42. The lowest BCUT2D eigenvalue weighted by Crippen LogP contribution is -2.38. The summed E-state index contributed by atoms with van der Waals surface area (Å²) < 4.78 is 39.8. The summed E-state index contributed by atoms with van der Waals surface area (Å²) in [4.78, 5) is 2.12. The molecule has 0 aliphatic heterocycles. The van der Waals surface area contributed by atoms with Gasteiger partial charge in [-0.2, -0.15) is 0 Å². The molecule has 1 aliphatic rings. The van der Waals surface area contributed by atoms with Crippen LogP contribution in [-0.4, -0.2) is 24.5 Å². The Morgan fingerprint density at radius 2 is 1.85 bits per heavy atom. The van der Waals surface area contributed by atoms with Gasteiger partial charge in [0.15, 0.2) is 17.5 Å². The molecular weight excluding hydrogens is 265 g/mol. The molecule has 1 saturated carbocycles. The zero-order valence-corrected chi connectivity index (χ0v) is 11.7. The molecule has 2 nitrogen and oxygen atoms in total. The van der Waals surface area contributed by atoms with Gasteiger partial charge in [-0.05, 0) is 43.0 Å². The number of nitrogens with zero attached hydrogens (tertiary/aromatic N) is 1. The molecular formula is C15H21F3N2. The number of rotatable bonds is 6. The highest BCUT2D eigenvalue weighted by Gasteiger charge is 2.26. The van der Waals surface area contributed by atoms with Crippen LogP contribution in [0.4, 0.5) is 13.2 Å². The zero-order valence-electron chi connectivity index (χ0n) is 11.7. The summed E-state index contributed by atoms with van der Waals surface area (Å²) in [7, 11) is 0. The molecule has 1 atom stereocenters. The number of benzene rings is 1. The van der Waals surface area contributed by atoms with Crippen LogP contribution < -0.4 is 5.73 Å². The maximum atomic E-state index is 13.4. The van der Waals surface area contributed by atoms with Crippen LogP contribution in [0, 0.1) is 23.4 Å². The third kappa shape index (κ3) is 3.15. The molecule has 5 heteroatoms. The first-order chi connectivity index (χ1) is 9.56. The molecule has 20 heavy (non-hydrogen) atoms. The fourth-order valence-electron chi connectivity index (χ4n) is 2.75. The third-order valence-corrected chi connectivity index (χ3v) is 4.18. The van der Waals surface area contributed by atoms with Gasteiger partial charge in [0.05, 0.1) is 0 Å². The van der Waals surface area contributed by atoms with Crippen molar-refractivity contribution in [1.82, 2.24) is 4.90 Å². The number of nitrogens with two attached hydrogens (primary N) is 1. The Morgan fingerprint density at radius 3 is 2.25 bits per heavy atom. The number of likely N-dealkylation sites (N-methyl/N-ethyl adjacent to an activating group) is 1. The molecule has 0 bridgehead atoms. The zero-order chi connectivity index (χ0) is 14.7. The predicted octanol–water partition coefficient (Wildman–Crippen LogP) is 3.23. The molecule has 2 N–H and O–H groups in total. The normalized spacial score (nSPS) is 17.3. The van der Waals surface area contributed by atoms with E-state index in [4.69, 9.17) is 5.73 Å². The van der Waals surface area contributed by atoms with E-state index in [1.165, 1.54) is 19.3 Å². The summed E-state index contributed by atoms with van der Waals surface area (Å²) in [5.74, 6) is -3.10. The van der Waals surface area contributed by atoms with E-state index >= 15 is 0 Å². The summed E-state index contributed by atoms with van der Waals surface area (Å²) in [6.45, 7) is 3.88. The van der Waals surface area contributed by atoms with Crippen molar-refractivity contribution in [2.45, 2.75) is 32.2 Å². The SMILES string of the molecule is CCN(CC1CCC1)C(CN)c1cc(F)c(F)c(F)c1. The summed E-state index contributed by atoms with van der Waals surface area (Å²) in [5.41, 5.74) is 6.18. The molecule has 0 spiro atoms. The van der Waals surface area contributed by atoms with Crippen LogP contribution in [0.1, 0.15) is 37.8 Å². The smallest absolute Gasteiger partial charge is 0.194 e. The second-order valence-corrected chi connectivity index (χ2v) is 5.43. The molecule has 0 amide bonds. The monoisotopic (exact) mass is 286 g/mol. The summed E-state index contributed by atoms with van der Waals surface area (Å²) in [6.07, 6.45) is 3.63. The number of hydrogen-bond acceptors (Lipinski definition) is 2. The van der Waals surface area contributed by atoms with Crippen molar-refractivity contribution in [2.24, 2.45) is 11.7 Å². The van der Waals surface area contributed by atoms with Gasteiger partial charge in [-0.3, -0.25) is 4.90 Å². The molecule has 2 rings (SSSR count). The highest BCUT2D eigenvalue weighted by atomic mass is 19.2. The van der Waals surface area contributed by atoms with Crippen molar-refractivity contribution < 1.29 is 13.2 Å². The molecule has 1 aliphatic carbocycles. The van der Waals surface area contributed by atoms with E-state index in [0.717, 1.165) is 25.2 Å². The van der Waals surface area contributed by atoms with E-state index in [0.29, 0.717) is 11.5 Å². The number of halogens is 3. The maximum Gasteiger partial charge on any atom is 0.194 e. The van der Waals surface area contributed by atoms with Crippen LogP contribution in [0.15, 0.2) is 12.1 Å². The van der Waals surface area contributed by atoms with Gasteiger partial charge < -0.3 is 5.73 Å². The van der Waals surface area contributed by atoms with Gasteiger partial charge in [-0.25, -0.2) is 13.2 Å². The summed E-state index contributed by atoms with van der Waals surface area (Å²) in [6, 6.07) is 1.84. The quantitative estimate of drug-likeness (QED) is 0.814. The highest BCUT2D eigenvalue weighted by Crippen LogP contribution is 2.30. The lowest BCUT2D eigenvalue weighted by atomic mass is 9.84. The Kier molecular flexibility index (Phi) is 5.05. The van der Waals surface area contributed by atoms with Gasteiger partial charge in [0.1, 0.15) is 0 Å². The Labute approximate surface area is 117 Å². The summed E-state index contributed by atoms with van der Waals surface area (Å²) in [5, 5.41) is 0. The molecule has 0 radical (unpaired) electrons. The van der Waals surface area contributed by atoms with E-state index in [9.17, 15) is 13.2 Å². The molecule has 1 unspecified atom stereocenters. The van der Waals surface area contributed by atoms with Crippen molar-refractivity contribution in [3.05, 3.63) is 35.1 Å². The number of hydrogen-bond donors (Lipinski definition) is 1. The fourth-order valence-corrected chi connectivity index (χ4v) is 2.75. The Morgan fingerprint density at radius 1 is 1.25 bits per heavy atom. The van der Waals surface area contributed by atoms with E-state index in [-0.39, 0.29) is 12.6 Å². The van der Waals surface area contributed by atoms with Crippen LogP contribution in [0.25, 0.3) is 0 Å². The van der Waals surface area contributed by atoms with Crippen LogP contribution in [0.5, 0.6) is 0 Å². The van der Waals surface area contributed by atoms with Gasteiger partial charge in [0.2, 0.25) is 0 Å². The molecule has 0 aromatic heterocycles. The van der Waals surface area contributed by atoms with Gasteiger partial charge >= 0.3 is 0 Å². The average molecular weight is 286 g/mol. The van der Waals surface area contributed by atoms with E-state index in [1.807, 2.05) is 6.92 Å².